The van der Waals surface area contributed by atoms with Crippen molar-refractivity contribution in [2.75, 3.05) is 6.54 Å². The molecule has 2 fully saturated rings. The van der Waals surface area contributed by atoms with Gasteiger partial charge in [0.1, 0.15) is 17.5 Å². The number of nitrogens with zero attached hydrogens (tertiary/aromatic N) is 3. The lowest BCUT2D eigenvalue weighted by Crippen LogP contribution is -2.40. The smallest absolute Gasteiger partial charge is 0.272 e. The second-order valence-electron chi connectivity index (χ2n) is 5.85. The first-order chi connectivity index (χ1) is 10.8. The standard InChI is InChI=1S/C17H17N3O2/c21-17(14-5-1-2-9-19-14)20-11-12-6-7-15(20)16(12)22-13-4-3-8-18-10-13/h1-5,8-10,12,15-16H,6-7,11H2/t12-,15+,16-/m1/s1. The monoisotopic (exact) mass is 295 g/mol. The van der Waals surface area contributed by atoms with Crippen LogP contribution in [0, 0.1) is 5.92 Å². The van der Waals surface area contributed by atoms with Gasteiger partial charge in [-0.15, -0.1) is 0 Å². The third-order valence-electron chi connectivity index (χ3n) is 4.56. The van der Waals surface area contributed by atoms with Crippen LogP contribution in [0.1, 0.15) is 23.3 Å². The fourth-order valence-corrected chi connectivity index (χ4v) is 3.56. The van der Waals surface area contributed by atoms with E-state index >= 15 is 0 Å². The topological polar surface area (TPSA) is 55.3 Å². The van der Waals surface area contributed by atoms with Crippen molar-refractivity contribution in [2.45, 2.75) is 25.0 Å². The molecule has 112 valence electrons. The molecule has 5 heteroatoms. The van der Waals surface area contributed by atoms with Crippen molar-refractivity contribution in [1.82, 2.24) is 14.9 Å². The summed E-state index contributed by atoms with van der Waals surface area (Å²) in [5, 5.41) is 0. The number of pyridine rings is 2. The summed E-state index contributed by atoms with van der Waals surface area (Å²) in [7, 11) is 0. The molecular weight excluding hydrogens is 278 g/mol. The first-order valence-electron chi connectivity index (χ1n) is 7.61. The molecular formula is C17H17N3O2. The zero-order valence-electron chi connectivity index (χ0n) is 12.1. The first-order valence-corrected chi connectivity index (χ1v) is 7.61. The average Bonchev–Trinajstić information content (AvgIpc) is 3.13. The molecule has 1 amide bonds. The SMILES string of the molecule is O=C(c1ccccn1)N1C[C@H]2CC[C@H]1[C@@H]2Oc1cccnc1. The number of rotatable bonds is 3. The Morgan fingerprint density at radius 1 is 1.18 bits per heavy atom. The van der Waals surface area contributed by atoms with Gasteiger partial charge >= 0.3 is 0 Å². The van der Waals surface area contributed by atoms with Crippen molar-refractivity contribution in [3.63, 3.8) is 0 Å². The summed E-state index contributed by atoms with van der Waals surface area (Å²) in [4.78, 5) is 22.8. The Kier molecular flexibility index (Phi) is 3.25. The van der Waals surface area contributed by atoms with Gasteiger partial charge in [0.2, 0.25) is 0 Å². The quantitative estimate of drug-likeness (QED) is 0.870. The van der Waals surface area contributed by atoms with Gasteiger partial charge in [-0.1, -0.05) is 6.07 Å². The summed E-state index contributed by atoms with van der Waals surface area (Å²) >= 11 is 0. The van der Waals surface area contributed by atoms with Crippen LogP contribution in [0.4, 0.5) is 0 Å². The van der Waals surface area contributed by atoms with E-state index in [1.807, 2.05) is 29.2 Å². The van der Waals surface area contributed by atoms with Crippen molar-refractivity contribution < 1.29 is 9.53 Å². The Balaban J connectivity index is 1.52. The second-order valence-corrected chi connectivity index (χ2v) is 5.85. The van der Waals surface area contributed by atoms with Gasteiger partial charge in [0.15, 0.2) is 0 Å². The van der Waals surface area contributed by atoms with Crippen molar-refractivity contribution in [1.29, 1.82) is 0 Å². The molecule has 2 aromatic rings. The van der Waals surface area contributed by atoms with Crippen molar-refractivity contribution in [3.05, 3.63) is 54.6 Å². The van der Waals surface area contributed by atoms with Gasteiger partial charge in [0.25, 0.3) is 5.91 Å². The summed E-state index contributed by atoms with van der Waals surface area (Å²) in [6.07, 6.45) is 7.29. The summed E-state index contributed by atoms with van der Waals surface area (Å²) in [5.41, 5.74) is 0.509. The van der Waals surface area contributed by atoms with E-state index in [1.54, 1.807) is 24.7 Å². The molecule has 1 saturated carbocycles. The number of hydrogen-bond donors (Lipinski definition) is 0. The van der Waals surface area contributed by atoms with Gasteiger partial charge in [0.05, 0.1) is 12.2 Å². The normalized spacial score (nSPS) is 26.2. The summed E-state index contributed by atoms with van der Waals surface area (Å²) in [6, 6.07) is 9.35. The van der Waals surface area contributed by atoms with Crippen LogP contribution in [0.15, 0.2) is 48.9 Å². The lowest BCUT2D eigenvalue weighted by Gasteiger charge is -2.26. The molecule has 2 bridgehead atoms. The summed E-state index contributed by atoms with van der Waals surface area (Å²) in [5.74, 6) is 1.18. The van der Waals surface area contributed by atoms with Crippen LogP contribution in [0.25, 0.3) is 0 Å². The van der Waals surface area contributed by atoms with Crippen LogP contribution in [-0.2, 0) is 0 Å². The van der Waals surface area contributed by atoms with E-state index in [-0.39, 0.29) is 18.1 Å². The van der Waals surface area contributed by atoms with E-state index in [0.29, 0.717) is 11.6 Å². The number of aromatic nitrogens is 2. The predicted molar refractivity (Wildman–Crippen MR) is 80.4 cm³/mol. The molecule has 1 aliphatic carbocycles. The predicted octanol–water partition coefficient (Wildman–Crippen LogP) is 2.16. The fourth-order valence-electron chi connectivity index (χ4n) is 3.56. The van der Waals surface area contributed by atoms with Crippen LogP contribution < -0.4 is 4.74 Å². The highest BCUT2D eigenvalue weighted by molar-refractivity contribution is 5.92. The average molecular weight is 295 g/mol. The Bertz CT molecular complexity index is 662. The van der Waals surface area contributed by atoms with Gasteiger partial charge in [-0.05, 0) is 37.1 Å². The molecule has 0 radical (unpaired) electrons. The lowest BCUT2D eigenvalue weighted by molar-refractivity contribution is 0.0661. The van der Waals surface area contributed by atoms with E-state index in [1.165, 1.54) is 0 Å². The molecule has 2 aromatic heterocycles. The Hall–Kier alpha value is -2.43. The molecule has 0 aromatic carbocycles. The maximum atomic E-state index is 12.6. The highest BCUT2D eigenvalue weighted by Crippen LogP contribution is 2.40. The molecule has 0 N–H and O–H groups in total. The van der Waals surface area contributed by atoms with E-state index in [2.05, 4.69) is 9.97 Å². The molecule has 0 unspecified atom stereocenters. The number of likely N-dealkylation sites (tertiary alicyclic amines) is 1. The maximum absolute atomic E-state index is 12.6. The second kappa shape index (κ2) is 5.40. The number of hydrogen-bond acceptors (Lipinski definition) is 4. The van der Waals surface area contributed by atoms with Crippen molar-refractivity contribution in [2.24, 2.45) is 5.92 Å². The molecule has 1 saturated heterocycles. The third kappa shape index (κ3) is 2.22. The van der Waals surface area contributed by atoms with E-state index < -0.39 is 0 Å². The zero-order chi connectivity index (χ0) is 14.9. The van der Waals surface area contributed by atoms with E-state index in [9.17, 15) is 4.79 Å². The number of ether oxygens (including phenoxy) is 1. The molecule has 4 rings (SSSR count). The molecule has 3 heterocycles. The maximum Gasteiger partial charge on any atom is 0.272 e. The molecule has 2 aliphatic rings. The van der Waals surface area contributed by atoms with E-state index in [4.69, 9.17) is 4.74 Å². The van der Waals surface area contributed by atoms with Crippen LogP contribution in [0.3, 0.4) is 0 Å². The van der Waals surface area contributed by atoms with Crippen molar-refractivity contribution in [3.8, 4) is 5.75 Å². The number of amides is 1. The van der Waals surface area contributed by atoms with Gasteiger partial charge < -0.3 is 9.64 Å². The van der Waals surface area contributed by atoms with Gasteiger partial charge in [0, 0.05) is 24.9 Å². The molecule has 0 spiro atoms. The minimum Gasteiger partial charge on any atom is -0.486 e. The summed E-state index contributed by atoms with van der Waals surface area (Å²) in [6.45, 7) is 0.755. The molecule has 5 nitrogen and oxygen atoms in total. The van der Waals surface area contributed by atoms with Gasteiger partial charge in [-0.2, -0.15) is 0 Å². The van der Waals surface area contributed by atoms with Crippen molar-refractivity contribution >= 4 is 5.91 Å². The van der Waals surface area contributed by atoms with Crippen LogP contribution in [0.2, 0.25) is 0 Å². The summed E-state index contributed by atoms with van der Waals surface area (Å²) < 4.78 is 6.10. The van der Waals surface area contributed by atoms with Crippen LogP contribution in [0.5, 0.6) is 5.75 Å². The molecule has 1 aliphatic heterocycles. The number of fused-ring (bicyclic) bond motifs is 2. The minimum atomic E-state index is 0.00702. The number of piperidine rings is 1. The van der Waals surface area contributed by atoms with Crippen LogP contribution >= 0.6 is 0 Å². The lowest BCUT2D eigenvalue weighted by atomic mass is 10.1. The Morgan fingerprint density at radius 3 is 2.91 bits per heavy atom. The van der Waals surface area contributed by atoms with Gasteiger partial charge in [-0.25, -0.2) is 0 Å². The minimum absolute atomic E-state index is 0.00702. The molecule has 3 atom stereocenters. The largest absolute Gasteiger partial charge is 0.486 e. The fraction of sp³-hybridized carbons (Fsp3) is 0.353. The Labute approximate surface area is 129 Å². The van der Waals surface area contributed by atoms with Crippen LogP contribution in [-0.4, -0.2) is 39.5 Å². The molecule has 22 heavy (non-hydrogen) atoms. The third-order valence-corrected chi connectivity index (χ3v) is 4.56. The highest BCUT2D eigenvalue weighted by Gasteiger charge is 2.50. The highest BCUT2D eigenvalue weighted by atomic mass is 16.5. The van der Waals surface area contributed by atoms with E-state index in [0.717, 1.165) is 25.1 Å². The number of carbonyl (C=O) groups is 1. The van der Waals surface area contributed by atoms with Gasteiger partial charge in [-0.3, -0.25) is 14.8 Å². The zero-order valence-corrected chi connectivity index (χ0v) is 12.1. The number of carbonyl (C=O) groups excluding carboxylic acids is 1. The Morgan fingerprint density at radius 2 is 2.14 bits per heavy atom. The first kappa shape index (κ1) is 13.2.